The second kappa shape index (κ2) is 8.46. The van der Waals surface area contributed by atoms with Crippen molar-refractivity contribution in [1.82, 2.24) is 4.98 Å². The Morgan fingerprint density at radius 2 is 1.90 bits per heavy atom. The van der Waals surface area contributed by atoms with Gasteiger partial charge in [-0.25, -0.2) is 4.79 Å². The number of methoxy groups -OCH3 is 1. The Balaban J connectivity index is 1.93. The first-order valence-electron chi connectivity index (χ1n) is 9.08. The molecule has 0 bridgehead atoms. The molecule has 3 aromatic rings. The number of aromatic nitrogens is 1. The molecule has 5 nitrogen and oxygen atoms in total. The molecular weight excluding hydrogens is 512 g/mol. The van der Waals surface area contributed by atoms with Crippen LogP contribution in [-0.4, -0.2) is 41.4 Å². The van der Waals surface area contributed by atoms with Gasteiger partial charge in [0.25, 0.3) is 0 Å². The van der Waals surface area contributed by atoms with Crippen molar-refractivity contribution < 1.29 is 30.1 Å². The summed E-state index contributed by atoms with van der Waals surface area (Å²) in [6.07, 6.45) is -2.05. The Bertz CT molecular complexity index is 1070. The molecule has 0 saturated heterocycles. The summed E-state index contributed by atoms with van der Waals surface area (Å²) in [4.78, 5) is 15.8. The average molecular weight is 533 g/mol. The summed E-state index contributed by atoms with van der Waals surface area (Å²) < 4.78 is 50.8. The van der Waals surface area contributed by atoms with Crippen LogP contribution in [0.3, 0.4) is 0 Å². The first-order chi connectivity index (χ1) is 14.0. The number of ether oxygens (including phenoxy) is 2. The highest BCUT2D eigenvalue weighted by Gasteiger charge is 2.35. The fourth-order valence-corrected chi connectivity index (χ4v) is 3.34. The number of carbonyl (C=O) groups is 1. The number of benzene rings is 2. The highest BCUT2D eigenvalue weighted by Crippen LogP contribution is 2.37. The van der Waals surface area contributed by atoms with Crippen LogP contribution in [-0.2, 0) is 12.6 Å². The summed E-state index contributed by atoms with van der Waals surface area (Å²) in [5.41, 5.74) is 0.533. The number of fused-ring (bicyclic) bond motifs is 1. The van der Waals surface area contributed by atoms with Crippen LogP contribution in [0, 0.1) is 0 Å². The summed E-state index contributed by atoms with van der Waals surface area (Å²) >= 11 is 2.32. The first kappa shape index (κ1) is 22.4. The Kier molecular flexibility index (Phi) is 6.32. The third-order valence-electron chi connectivity index (χ3n) is 4.61. The molecule has 160 valence electrons. The maximum Gasteiger partial charge on any atom is 0.419 e. The lowest BCUT2D eigenvalue weighted by Gasteiger charge is -2.19. The largest absolute Gasteiger partial charge is 0.496 e. The van der Waals surface area contributed by atoms with Crippen LogP contribution in [0.2, 0.25) is 0 Å². The molecule has 0 saturated carbocycles. The molecule has 0 amide bonds. The van der Waals surface area contributed by atoms with Crippen molar-refractivity contribution >= 4 is 39.7 Å². The second-order valence-corrected chi connectivity index (χ2v) is 9.92. The zero-order valence-corrected chi connectivity index (χ0v) is 18.8. The number of rotatable bonds is 6. The van der Waals surface area contributed by atoms with Crippen LogP contribution in [0.25, 0.3) is 10.9 Å². The van der Waals surface area contributed by atoms with Gasteiger partial charge in [0.05, 0.1) is 38.9 Å². The Hall–Kier alpha value is -2.27. The van der Waals surface area contributed by atoms with E-state index in [0.29, 0.717) is 5.75 Å². The summed E-state index contributed by atoms with van der Waals surface area (Å²) in [7, 11) is 5.28. The van der Waals surface area contributed by atoms with E-state index >= 15 is 0 Å². The van der Waals surface area contributed by atoms with E-state index in [-0.39, 0.29) is 11.3 Å². The number of carbonyl (C=O) groups excluding carboxylic acids is 1. The lowest BCUT2D eigenvalue weighted by atomic mass is 10.1. The van der Waals surface area contributed by atoms with E-state index < -0.39 is 17.7 Å². The molecule has 2 aromatic carbocycles. The van der Waals surface area contributed by atoms with Crippen molar-refractivity contribution in [2.45, 2.75) is 12.6 Å². The number of likely N-dealkylation sites (N-methyl/N-ethyl adjacent to an activating group) is 1. The van der Waals surface area contributed by atoms with E-state index in [1.54, 1.807) is 12.1 Å². The number of H-pyrrole nitrogens is 1. The van der Waals surface area contributed by atoms with Gasteiger partial charge in [0.15, 0.2) is 0 Å². The van der Waals surface area contributed by atoms with Gasteiger partial charge in [-0.15, -0.1) is 0 Å². The van der Waals surface area contributed by atoms with Crippen molar-refractivity contribution in [3.05, 3.63) is 59.3 Å². The molecule has 0 unspecified atom stereocenters. The summed E-state index contributed by atoms with van der Waals surface area (Å²) in [6, 6.07) is 8.33. The van der Waals surface area contributed by atoms with Crippen molar-refractivity contribution in [2.75, 3.05) is 27.7 Å². The van der Waals surface area contributed by atoms with Crippen molar-refractivity contribution in [3.8, 4) is 11.5 Å². The highest BCUT2D eigenvalue weighted by molar-refractivity contribution is 14.1. The number of hydrogen-bond acceptors (Lipinski definition) is 3. The molecule has 0 aliphatic rings. The van der Waals surface area contributed by atoms with E-state index in [1.807, 2.05) is 12.3 Å². The molecule has 0 spiro atoms. The molecule has 9 heteroatoms. The minimum Gasteiger partial charge on any atom is -0.496 e. The van der Waals surface area contributed by atoms with Crippen LogP contribution in [0.5, 0.6) is 11.5 Å². The zero-order chi connectivity index (χ0) is 22.1. The number of alkyl halides is 3. The van der Waals surface area contributed by atoms with E-state index in [0.717, 1.165) is 51.4 Å². The van der Waals surface area contributed by atoms with Gasteiger partial charge >= 0.3 is 12.1 Å². The predicted octanol–water partition coefficient (Wildman–Crippen LogP) is 5.38. The number of nitrogens with zero attached hydrogens (tertiary/aromatic N) is 1. The van der Waals surface area contributed by atoms with Gasteiger partial charge in [-0.05, 0) is 35.9 Å². The quantitative estimate of drug-likeness (QED) is 0.200. The molecule has 0 aliphatic carbocycles. The molecule has 1 aromatic heterocycles. The van der Waals surface area contributed by atoms with E-state index in [2.05, 4.69) is 41.9 Å². The monoisotopic (exact) mass is 533 g/mol. The SMILES string of the molecule is COc1ccc(C(=O)Oc2cccc3[nH]cc(CC[N+](C)(C)I)c23)cc1C(F)(F)F. The number of hydrogen-bond donors (Lipinski definition) is 1. The summed E-state index contributed by atoms with van der Waals surface area (Å²) in [5.74, 6) is -0.918. The van der Waals surface area contributed by atoms with Gasteiger partial charge in [0, 0.05) is 23.5 Å². The topological polar surface area (TPSA) is 51.3 Å². The van der Waals surface area contributed by atoms with E-state index in [1.165, 1.54) is 6.07 Å². The molecule has 0 radical (unpaired) electrons. The third-order valence-corrected chi connectivity index (χ3v) is 5.09. The summed E-state index contributed by atoms with van der Waals surface area (Å²) in [6.45, 7) is 0.850. The van der Waals surface area contributed by atoms with Gasteiger partial charge in [-0.2, -0.15) is 13.2 Å². The minimum absolute atomic E-state index is 0.206. The minimum atomic E-state index is -4.65. The Morgan fingerprint density at radius 3 is 2.53 bits per heavy atom. The fraction of sp³-hybridized carbons (Fsp3) is 0.286. The van der Waals surface area contributed by atoms with Gasteiger partial charge in [-0.3, -0.25) is 2.70 Å². The van der Waals surface area contributed by atoms with Crippen LogP contribution in [0.15, 0.2) is 42.6 Å². The molecule has 30 heavy (non-hydrogen) atoms. The van der Waals surface area contributed by atoms with Crippen LogP contribution in [0.4, 0.5) is 13.2 Å². The number of quaternary nitrogens is 1. The highest BCUT2D eigenvalue weighted by atomic mass is 127. The molecular formula is C21H21F3IN2O3+. The lowest BCUT2D eigenvalue weighted by molar-refractivity contribution is -0.706. The predicted molar refractivity (Wildman–Crippen MR) is 116 cm³/mol. The number of esters is 1. The van der Waals surface area contributed by atoms with Gasteiger partial charge in [-0.1, -0.05) is 6.07 Å². The number of halogens is 4. The second-order valence-electron chi connectivity index (χ2n) is 7.31. The lowest BCUT2D eigenvalue weighted by Crippen LogP contribution is -2.29. The Labute approximate surface area is 185 Å². The summed E-state index contributed by atoms with van der Waals surface area (Å²) in [5, 5.41) is 0.750. The fourth-order valence-electron chi connectivity index (χ4n) is 3.10. The zero-order valence-electron chi connectivity index (χ0n) is 16.6. The number of aromatic amines is 1. The van der Waals surface area contributed by atoms with Crippen LogP contribution in [0.1, 0.15) is 21.5 Å². The van der Waals surface area contributed by atoms with Crippen molar-refractivity contribution in [2.24, 2.45) is 0 Å². The van der Waals surface area contributed by atoms with Gasteiger partial charge in [0.2, 0.25) is 22.9 Å². The molecule has 1 heterocycles. The van der Waals surface area contributed by atoms with E-state index in [4.69, 9.17) is 9.47 Å². The van der Waals surface area contributed by atoms with Crippen molar-refractivity contribution in [3.63, 3.8) is 0 Å². The number of nitrogens with one attached hydrogen (secondary N) is 1. The maximum absolute atomic E-state index is 13.3. The van der Waals surface area contributed by atoms with E-state index in [9.17, 15) is 18.0 Å². The average Bonchev–Trinajstić information content (AvgIpc) is 3.09. The molecule has 0 atom stereocenters. The Morgan fingerprint density at radius 1 is 1.17 bits per heavy atom. The van der Waals surface area contributed by atoms with Crippen LogP contribution < -0.4 is 9.47 Å². The smallest absolute Gasteiger partial charge is 0.419 e. The van der Waals surface area contributed by atoms with Crippen molar-refractivity contribution in [1.29, 1.82) is 0 Å². The van der Waals surface area contributed by atoms with Gasteiger partial charge in [0.1, 0.15) is 11.5 Å². The maximum atomic E-state index is 13.3. The standard InChI is InChI=1S/C21H21F3IN2O3/c1-27(2,25)10-9-14-12-26-16-5-4-6-18(19(14)16)30-20(28)13-7-8-17(29-3)15(11-13)21(22,23)24/h4-8,11-12,26H,9-10H2,1-3H3/q+1. The van der Waals surface area contributed by atoms with Gasteiger partial charge < -0.3 is 14.5 Å². The molecule has 0 fully saturated rings. The third kappa shape index (κ3) is 5.07. The molecule has 1 N–H and O–H groups in total. The molecule has 0 aliphatic heterocycles. The first-order valence-corrected chi connectivity index (χ1v) is 10.0. The molecule has 3 rings (SSSR count). The normalized spacial score (nSPS) is 12.2. The van der Waals surface area contributed by atoms with Crippen LogP contribution >= 0.6 is 22.9 Å².